The molecule has 2 aliphatic rings. The molecule has 4 rings (SSSR count). The maximum absolute atomic E-state index is 13.2. The van der Waals surface area contributed by atoms with Crippen molar-refractivity contribution in [3.05, 3.63) is 42.1 Å². The van der Waals surface area contributed by atoms with E-state index in [4.69, 9.17) is 4.52 Å². The van der Waals surface area contributed by atoms with E-state index < -0.39 is 5.41 Å². The van der Waals surface area contributed by atoms with Crippen molar-refractivity contribution in [3.8, 4) is 11.3 Å². The zero-order valence-corrected chi connectivity index (χ0v) is 15.9. The van der Waals surface area contributed by atoms with Crippen LogP contribution in [0, 0.1) is 5.41 Å². The number of likely N-dealkylation sites (tertiary alicyclic amines) is 2. The molecule has 2 aromatic rings. The lowest BCUT2D eigenvalue weighted by atomic mass is 9.78. The molecule has 0 radical (unpaired) electrons. The van der Waals surface area contributed by atoms with Gasteiger partial charge in [-0.1, -0.05) is 35.5 Å². The molecule has 2 fully saturated rings. The highest BCUT2D eigenvalue weighted by Gasteiger charge is 2.50. The number of aromatic nitrogens is 1. The molecule has 0 unspecified atom stereocenters. The maximum Gasteiger partial charge on any atom is 0.259 e. The molecule has 6 heteroatoms. The maximum atomic E-state index is 13.2. The van der Waals surface area contributed by atoms with Crippen molar-refractivity contribution in [3.63, 3.8) is 0 Å². The monoisotopic (exact) mass is 367 g/mol. The zero-order chi connectivity index (χ0) is 19.0. The minimum atomic E-state index is -0.428. The Bertz CT molecular complexity index is 845. The summed E-state index contributed by atoms with van der Waals surface area (Å²) in [5.74, 6) is 0.578. The number of carbonyl (C=O) groups is 2. The lowest BCUT2D eigenvalue weighted by Crippen LogP contribution is -2.52. The van der Waals surface area contributed by atoms with Crippen LogP contribution in [0.4, 0.5) is 0 Å². The van der Waals surface area contributed by atoms with E-state index in [1.807, 2.05) is 35.2 Å². The van der Waals surface area contributed by atoms with Gasteiger partial charge in [0.2, 0.25) is 5.91 Å². The van der Waals surface area contributed by atoms with Crippen molar-refractivity contribution in [2.75, 3.05) is 19.6 Å². The number of carbonyl (C=O) groups excluding carboxylic acids is 2. The van der Waals surface area contributed by atoms with Gasteiger partial charge < -0.3 is 14.3 Å². The van der Waals surface area contributed by atoms with Crippen LogP contribution in [-0.2, 0) is 4.79 Å². The van der Waals surface area contributed by atoms with Gasteiger partial charge in [-0.05, 0) is 33.1 Å². The molecule has 0 saturated carbocycles. The van der Waals surface area contributed by atoms with Crippen LogP contribution in [0.2, 0.25) is 0 Å². The van der Waals surface area contributed by atoms with Crippen molar-refractivity contribution < 1.29 is 14.1 Å². The molecule has 142 valence electrons. The third-order valence-corrected chi connectivity index (χ3v) is 5.87. The van der Waals surface area contributed by atoms with E-state index in [1.54, 1.807) is 4.90 Å². The second-order valence-electron chi connectivity index (χ2n) is 7.89. The van der Waals surface area contributed by atoms with Gasteiger partial charge in [-0.3, -0.25) is 9.59 Å². The number of rotatable bonds is 3. The lowest BCUT2D eigenvalue weighted by Gasteiger charge is -2.41. The highest BCUT2D eigenvalue weighted by Crippen LogP contribution is 2.41. The average molecular weight is 367 g/mol. The Morgan fingerprint density at radius 3 is 2.70 bits per heavy atom. The zero-order valence-electron chi connectivity index (χ0n) is 15.9. The Kier molecular flexibility index (Phi) is 4.50. The van der Waals surface area contributed by atoms with Crippen molar-refractivity contribution in [1.29, 1.82) is 0 Å². The van der Waals surface area contributed by atoms with E-state index >= 15 is 0 Å². The topological polar surface area (TPSA) is 66.7 Å². The van der Waals surface area contributed by atoms with Gasteiger partial charge in [0.05, 0.1) is 11.6 Å². The van der Waals surface area contributed by atoms with Gasteiger partial charge in [-0.2, -0.15) is 0 Å². The molecule has 27 heavy (non-hydrogen) atoms. The van der Waals surface area contributed by atoms with E-state index in [0.29, 0.717) is 24.4 Å². The number of nitrogens with zero attached hydrogens (tertiary/aromatic N) is 3. The van der Waals surface area contributed by atoms with Gasteiger partial charge in [0.1, 0.15) is 5.56 Å². The number of amides is 2. The first-order valence-electron chi connectivity index (χ1n) is 9.62. The summed E-state index contributed by atoms with van der Waals surface area (Å²) in [6, 6.07) is 9.71. The first-order chi connectivity index (χ1) is 13.0. The minimum absolute atomic E-state index is 0.110. The van der Waals surface area contributed by atoms with Crippen LogP contribution in [0.15, 0.2) is 41.1 Å². The molecule has 1 spiro atoms. The molecular formula is C21H25N3O3. The van der Waals surface area contributed by atoms with Crippen molar-refractivity contribution in [1.82, 2.24) is 15.0 Å². The van der Waals surface area contributed by atoms with Gasteiger partial charge in [0, 0.05) is 31.2 Å². The van der Waals surface area contributed by atoms with Crippen LogP contribution in [0.25, 0.3) is 11.3 Å². The van der Waals surface area contributed by atoms with E-state index in [-0.39, 0.29) is 17.9 Å². The van der Waals surface area contributed by atoms with Crippen LogP contribution in [0.1, 0.15) is 43.5 Å². The highest BCUT2D eigenvalue weighted by molar-refractivity contribution is 6.00. The predicted molar refractivity (Wildman–Crippen MR) is 101 cm³/mol. The van der Waals surface area contributed by atoms with Gasteiger partial charge in [0.25, 0.3) is 5.91 Å². The highest BCUT2D eigenvalue weighted by atomic mass is 16.5. The molecule has 0 bridgehead atoms. The van der Waals surface area contributed by atoms with E-state index in [0.717, 1.165) is 31.4 Å². The van der Waals surface area contributed by atoms with Crippen LogP contribution in [-0.4, -0.2) is 52.4 Å². The molecule has 3 heterocycles. The van der Waals surface area contributed by atoms with Crippen LogP contribution in [0.5, 0.6) is 0 Å². The first kappa shape index (κ1) is 17.8. The Labute approximate surface area is 159 Å². The summed E-state index contributed by atoms with van der Waals surface area (Å²) in [5.41, 5.74) is 0.858. The predicted octanol–water partition coefficient (Wildman–Crippen LogP) is 3.20. The van der Waals surface area contributed by atoms with Crippen molar-refractivity contribution in [2.24, 2.45) is 5.41 Å². The molecule has 2 aliphatic heterocycles. The molecule has 2 saturated heterocycles. The molecule has 1 atom stereocenters. The van der Waals surface area contributed by atoms with Crippen molar-refractivity contribution in [2.45, 2.75) is 39.2 Å². The second-order valence-corrected chi connectivity index (χ2v) is 7.89. The Morgan fingerprint density at radius 1 is 1.19 bits per heavy atom. The molecule has 6 nitrogen and oxygen atoms in total. The summed E-state index contributed by atoms with van der Waals surface area (Å²) in [7, 11) is 0. The van der Waals surface area contributed by atoms with E-state index in [2.05, 4.69) is 19.0 Å². The minimum Gasteiger partial charge on any atom is -0.355 e. The SMILES string of the molecule is CC(C)N1CCC[C@@]2(CCN(C(=O)c3cnoc3-c3ccccc3)C2)C1=O. The fraction of sp³-hybridized carbons (Fsp3) is 0.476. The summed E-state index contributed by atoms with van der Waals surface area (Å²) < 4.78 is 5.37. The normalized spacial score (nSPS) is 22.9. The fourth-order valence-corrected chi connectivity index (χ4v) is 4.38. The Balaban J connectivity index is 1.56. The molecule has 1 aromatic heterocycles. The van der Waals surface area contributed by atoms with Crippen LogP contribution < -0.4 is 0 Å². The second kappa shape index (κ2) is 6.83. The van der Waals surface area contributed by atoms with E-state index in [9.17, 15) is 9.59 Å². The standard InChI is InChI=1S/C21H25N3O3/c1-15(2)24-11-6-9-21(20(24)26)10-12-23(14-21)19(25)17-13-22-27-18(17)16-7-4-3-5-8-16/h3-5,7-8,13,15H,6,9-12,14H2,1-2H3/t21-/m0/s1. The fourth-order valence-electron chi connectivity index (χ4n) is 4.38. The third kappa shape index (κ3) is 3.03. The Morgan fingerprint density at radius 2 is 1.96 bits per heavy atom. The number of benzene rings is 1. The van der Waals surface area contributed by atoms with Gasteiger partial charge in [0.15, 0.2) is 5.76 Å². The van der Waals surface area contributed by atoms with Gasteiger partial charge >= 0.3 is 0 Å². The van der Waals surface area contributed by atoms with Crippen LogP contribution >= 0.6 is 0 Å². The summed E-state index contributed by atoms with van der Waals surface area (Å²) >= 11 is 0. The molecule has 0 N–H and O–H groups in total. The smallest absolute Gasteiger partial charge is 0.259 e. The molecule has 0 aliphatic carbocycles. The van der Waals surface area contributed by atoms with Gasteiger partial charge in [-0.15, -0.1) is 0 Å². The number of piperidine rings is 1. The largest absolute Gasteiger partial charge is 0.355 e. The molecule has 2 amide bonds. The summed E-state index contributed by atoms with van der Waals surface area (Å²) in [6.45, 7) is 6.00. The third-order valence-electron chi connectivity index (χ3n) is 5.87. The average Bonchev–Trinajstić information content (AvgIpc) is 3.32. The lowest BCUT2D eigenvalue weighted by molar-refractivity contribution is -0.147. The number of hydrogen-bond donors (Lipinski definition) is 0. The summed E-state index contributed by atoms with van der Waals surface area (Å²) in [4.78, 5) is 30.0. The summed E-state index contributed by atoms with van der Waals surface area (Å²) in [5, 5.41) is 3.85. The first-order valence-corrected chi connectivity index (χ1v) is 9.62. The Hall–Kier alpha value is -2.63. The van der Waals surface area contributed by atoms with Crippen molar-refractivity contribution >= 4 is 11.8 Å². The molecule has 1 aromatic carbocycles. The van der Waals surface area contributed by atoms with Crippen LogP contribution in [0.3, 0.4) is 0 Å². The molecular weight excluding hydrogens is 342 g/mol. The summed E-state index contributed by atoms with van der Waals surface area (Å²) in [6.07, 6.45) is 4.06. The number of hydrogen-bond acceptors (Lipinski definition) is 4. The van der Waals surface area contributed by atoms with E-state index in [1.165, 1.54) is 6.20 Å². The van der Waals surface area contributed by atoms with Gasteiger partial charge in [-0.25, -0.2) is 0 Å². The quantitative estimate of drug-likeness (QED) is 0.835.